The molecule has 1 aliphatic rings. The molecule has 3 heterocycles. The van der Waals surface area contributed by atoms with Crippen LogP contribution in [0, 0.1) is 0 Å². The molecule has 2 aromatic heterocycles. The summed E-state index contributed by atoms with van der Waals surface area (Å²) >= 11 is 1.65. The van der Waals surface area contributed by atoms with Crippen molar-refractivity contribution in [3.8, 4) is 5.75 Å². The first-order valence-electron chi connectivity index (χ1n) is 9.61. The molecule has 0 saturated carbocycles. The van der Waals surface area contributed by atoms with Crippen LogP contribution >= 0.6 is 11.3 Å². The summed E-state index contributed by atoms with van der Waals surface area (Å²) in [6.45, 7) is 2.88. The van der Waals surface area contributed by atoms with Crippen LogP contribution in [0.1, 0.15) is 0 Å². The van der Waals surface area contributed by atoms with Gasteiger partial charge >= 0.3 is 0 Å². The van der Waals surface area contributed by atoms with Crippen molar-refractivity contribution in [1.29, 1.82) is 0 Å². The van der Waals surface area contributed by atoms with Crippen molar-refractivity contribution < 1.29 is 9.53 Å². The van der Waals surface area contributed by atoms with Gasteiger partial charge in [-0.2, -0.15) is 0 Å². The summed E-state index contributed by atoms with van der Waals surface area (Å²) in [5.41, 5.74) is 0.974. The lowest BCUT2D eigenvalue weighted by Crippen LogP contribution is -2.50. The Labute approximate surface area is 172 Å². The Morgan fingerprint density at radius 2 is 1.83 bits per heavy atom. The van der Waals surface area contributed by atoms with E-state index in [1.807, 2.05) is 58.8 Å². The standard InChI is InChI=1S/C22H20N4O2S/c27-20(14-28-19-7-3-5-16-4-1-2-6-17(16)19)25-9-11-26(12-10-25)22-21-18(8-13-29-21)23-15-24-22/h1-8,13,15H,9-12,14H2. The number of carbonyl (C=O) groups excluding carboxylic acids is 1. The number of thiophene rings is 1. The van der Waals surface area contributed by atoms with Crippen LogP contribution in [0.5, 0.6) is 5.75 Å². The number of benzene rings is 2. The van der Waals surface area contributed by atoms with E-state index >= 15 is 0 Å². The van der Waals surface area contributed by atoms with Gasteiger partial charge in [0.2, 0.25) is 0 Å². The number of fused-ring (bicyclic) bond motifs is 2. The van der Waals surface area contributed by atoms with Gasteiger partial charge < -0.3 is 14.5 Å². The Hall–Kier alpha value is -3.19. The van der Waals surface area contributed by atoms with Gasteiger partial charge in [0.15, 0.2) is 6.61 Å². The Balaban J connectivity index is 1.22. The first kappa shape index (κ1) is 17.9. The molecule has 1 saturated heterocycles. The first-order chi connectivity index (χ1) is 14.3. The van der Waals surface area contributed by atoms with E-state index < -0.39 is 0 Å². The van der Waals surface area contributed by atoms with Crippen molar-refractivity contribution in [3.05, 3.63) is 60.2 Å². The zero-order chi connectivity index (χ0) is 19.6. The van der Waals surface area contributed by atoms with Gasteiger partial charge in [-0.3, -0.25) is 4.79 Å². The van der Waals surface area contributed by atoms with Crippen molar-refractivity contribution >= 4 is 44.1 Å². The average Bonchev–Trinajstić information content (AvgIpc) is 3.26. The van der Waals surface area contributed by atoms with Gasteiger partial charge in [-0.1, -0.05) is 36.4 Å². The first-order valence-corrected chi connectivity index (χ1v) is 10.5. The third-order valence-electron chi connectivity index (χ3n) is 5.26. The lowest BCUT2D eigenvalue weighted by atomic mass is 10.1. The van der Waals surface area contributed by atoms with Crippen LogP contribution in [-0.4, -0.2) is 53.6 Å². The molecule has 6 nitrogen and oxygen atoms in total. The number of aromatic nitrogens is 2. The zero-order valence-corrected chi connectivity index (χ0v) is 16.6. The van der Waals surface area contributed by atoms with Crippen molar-refractivity contribution in [2.75, 3.05) is 37.7 Å². The fourth-order valence-electron chi connectivity index (χ4n) is 3.72. The van der Waals surface area contributed by atoms with Crippen molar-refractivity contribution in [1.82, 2.24) is 14.9 Å². The predicted molar refractivity (Wildman–Crippen MR) is 116 cm³/mol. The van der Waals surface area contributed by atoms with E-state index in [0.717, 1.165) is 45.6 Å². The minimum absolute atomic E-state index is 0.0153. The third kappa shape index (κ3) is 3.49. The molecule has 1 aliphatic heterocycles. The maximum absolute atomic E-state index is 12.7. The number of hydrogen-bond acceptors (Lipinski definition) is 6. The number of rotatable bonds is 4. The third-order valence-corrected chi connectivity index (χ3v) is 6.16. The van der Waals surface area contributed by atoms with E-state index in [1.54, 1.807) is 17.7 Å². The molecule has 2 aromatic carbocycles. The maximum atomic E-state index is 12.7. The van der Waals surface area contributed by atoms with E-state index in [2.05, 4.69) is 14.9 Å². The SMILES string of the molecule is O=C(COc1cccc2ccccc12)N1CCN(c2ncnc3ccsc23)CC1. The minimum Gasteiger partial charge on any atom is -0.483 e. The van der Waals surface area contributed by atoms with Gasteiger partial charge in [0, 0.05) is 31.6 Å². The normalized spacial score (nSPS) is 14.5. The monoisotopic (exact) mass is 404 g/mol. The second-order valence-electron chi connectivity index (χ2n) is 6.97. The summed E-state index contributed by atoms with van der Waals surface area (Å²) in [6.07, 6.45) is 1.61. The quantitative estimate of drug-likeness (QED) is 0.520. The summed E-state index contributed by atoms with van der Waals surface area (Å²) in [5.74, 6) is 1.72. The molecule has 7 heteroatoms. The van der Waals surface area contributed by atoms with E-state index in [4.69, 9.17) is 4.74 Å². The fraction of sp³-hybridized carbons (Fsp3) is 0.227. The summed E-state index contributed by atoms with van der Waals surface area (Å²) in [6, 6.07) is 16.0. The largest absolute Gasteiger partial charge is 0.483 e. The highest BCUT2D eigenvalue weighted by Crippen LogP contribution is 2.28. The molecule has 0 radical (unpaired) electrons. The van der Waals surface area contributed by atoms with E-state index in [0.29, 0.717) is 13.1 Å². The molecule has 29 heavy (non-hydrogen) atoms. The molecule has 0 bridgehead atoms. The Kier molecular flexibility index (Phi) is 4.73. The van der Waals surface area contributed by atoms with E-state index in [-0.39, 0.29) is 12.5 Å². The van der Waals surface area contributed by atoms with Crippen molar-refractivity contribution in [3.63, 3.8) is 0 Å². The second kappa shape index (κ2) is 7.67. The smallest absolute Gasteiger partial charge is 0.260 e. The predicted octanol–water partition coefficient (Wildman–Crippen LogP) is 3.57. The average molecular weight is 404 g/mol. The molecular formula is C22H20N4O2S. The molecule has 0 spiro atoms. The van der Waals surface area contributed by atoms with Crippen molar-refractivity contribution in [2.45, 2.75) is 0 Å². The lowest BCUT2D eigenvalue weighted by molar-refractivity contribution is -0.133. The maximum Gasteiger partial charge on any atom is 0.260 e. The highest BCUT2D eigenvalue weighted by atomic mass is 32.1. The van der Waals surface area contributed by atoms with Gasteiger partial charge in [-0.25, -0.2) is 9.97 Å². The molecule has 0 N–H and O–H groups in total. The molecule has 1 amide bonds. The molecule has 0 atom stereocenters. The van der Waals surface area contributed by atoms with Crippen LogP contribution in [0.25, 0.3) is 21.0 Å². The number of carbonyl (C=O) groups is 1. The summed E-state index contributed by atoms with van der Waals surface area (Å²) in [5, 5.41) is 4.17. The zero-order valence-electron chi connectivity index (χ0n) is 15.8. The van der Waals surface area contributed by atoms with Gasteiger partial charge in [-0.05, 0) is 22.9 Å². The molecular weight excluding hydrogens is 384 g/mol. The molecule has 1 fully saturated rings. The number of piperazine rings is 1. The van der Waals surface area contributed by atoms with Gasteiger partial charge in [0.1, 0.15) is 17.9 Å². The number of ether oxygens (including phenoxy) is 1. The summed E-state index contributed by atoms with van der Waals surface area (Å²) < 4.78 is 6.97. The van der Waals surface area contributed by atoms with E-state index in [9.17, 15) is 4.79 Å². The topological polar surface area (TPSA) is 58.6 Å². The number of nitrogens with zero attached hydrogens (tertiary/aromatic N) is 4. The van der Waals surface area contributed by atoms with Crippen LogP contribution < -0.4 is 9.64 Å². The van der Waals surface area contributed by atoms with E-state index in [1.165, 1.54) is 0 Å². The molecule has 0 unspecified atom stereocenters. The number of anilines is 1. The van der Waals surface area contributed by atoms with Gasteiger partial charge in [-0.15, -0.1) is 11.3 Å². The lowest BCUT2D eigenvalue weighted by Gasteiger charge is -2.35. The van der Waals surface area contributed by atoms with Crippen molar-refractivity contribution in [2.24, 2.45) is 0 Å². The molecule has 0 aliphatic carbocycles. The van der Waals surface area contributed by atoms with Crippen LogP contribution in [0.15, 0.2) is 60.2 Å². The van der Waals surface area contributed by atoms with Crippen LogP contribution in [0.2, 0.25) is 0 Å². The summed E-state index contributed by atoms with van der Waals surface area (Å²) in [7, 11) is 0. The van der Waals surface area contributed by atoms with Crippen LogP contribution in [0.3, 0.4) is 0 Å². The number of amides is 1. The Morgan fingerprint density at radius 1 is 1.00 bits per heavy atom. The van der Waals surface area contributed by atoms with Gasteiger partial charge in [0.25, 0.3) is 5.91 Å². The number of hydrogen-bond donors (Lipinski definition) is 0. The van der Waals surface area contributed by atoms with Gasteiger partial charge in [0.05, 0.1) is 10.2 Å². The highest BCUT2D eigenvalue weighted by Gasteiger charge is 2.23. The van der Waals surface area contributed by atoms with Crippen LogP contribution in [-0.2, 0) is 4.79 Å². The molecule has 4 aromatic rings. The fourth-order valence-corrected chi connectivity index (χ4v) is 4.58. The second-order valence-corrected chi connectivity index (χ2v) is 7.88. The summed E-state index contributed by atoms with van der Waals surface area (Å²) in [4.78, 5) is 25.6. The Bertz CT molecular complexity index is 1160. The molecule has 146 valence electrons. The molecule has 5 rings (SSSR count). The Morgan fingerprint density at radius 3 is 2.72 bits per heavy atom. The minimum atomic E-state index is 0.0153. The highest BCUT2D eigenvalue weighted by molar-refractivity contribution is 7.17. The van der Waals surface area contributed by atoms with Crippen LogP contribution in [0.4, 0.5) is 5.82 Å².